The van der Waals surface area contributed by atoms with Crippen LogP contribution in [0, 0.1) is 12.3 Å². The largest absolute Gasteiger partial charge is 0.396 e. The summed E-state index contributed by atoms with van der Waals surface area (Å²) in [5.74, 6) is 0. The lowest BCUT2D eigenvalue weighted by atomic mass is 9.83. The lowest BCUT2D eigenvalue weighted by Gasteiger charge is -2.30. The Kier molecular flexibility index (Phi) is 5.47. The molecule has 2 nitrogen and oxygen atoms in total. The zero-order valence-electron chi connectivity index (χ0n) is 10.9. The summed E-state index contributed by atoms with van der Waals surface area (Å²) in [5, 5.41) is 12.9. The smallest absolute Gasteiger partial charge is 0.0504 e. The van der Waals surface area contributed by atoms with Crippen LogP contribution in [0.3, 0.4) is 0 Å². The van der Waals surface area contributed by atoms with Crippen LogP contribution in [-0.4, -0.2) is 18.3 Å². The lowest BCUT2D eigenvalue weighted by molar-refractivity contribution is 0.127. The summed E-state index contributed by atoms with van der Waals surface area (Å²) in [6.45, 7) is 7.40. The van der Waals surface area contributed by atoms with Gasteiger partial charge in [-0.25, -0.2) is 0 Å². The molecule has 0 saturated carbocycles. The summed E-state index contributed by atoms with van der Waals surface area (Å²) in [6.07, 6.45) is 1.98. The first kappa shape index (κ1) is 14.5. The van der Waals surface area contributed by atoms with Crippen LogP contribution in [0.15, 0.2) is 22.7 Å². The SMILES string of the molecule is CCC(CC)(CO)CNc1ccc(Br)c(C)c1. The van der Waals surface area contributed by atoms with E-state index in [-0.39, 0.29) is 12.0 Å². The number of halogens is 1. The summed E-state index contributed by atoms with van der Waals surface area (Å²) in [5.41, 5.74) is 2.34. The van der Waals surface area contributed by atoms with E-state index in [1.807, 2.05) is 0 Å². The number of aliphatic hydroxyl groups is 1. The molecule has 0 amide bonds. The maximum atomic E-state index is 9.51. The Morgan fingerprint density at radius 3 is 2.41 bits per heavy atom. The molecule has 3 heteroatoms. The molecule has 0 bridgehead atoms. The monoisotopic (exact) mass is 299 g/mol. The molecule has 0 atom stereocenters. The average molecular weight is 300 g/mol. The Hall–Kier alpha value is -0.540. The van der Waals surface area contributed by atoms with Gasteiger partial charge in [-0.05, 0) is 43.5 Å². The Morgan fingerprint density at radius 1 is 1.29 bits per heavy atom. The van der Waals surface area contributed by atoms with Gasteiger partial charge in [0, 0.05) is 22.1 Å². The van der Waals surface area contributed by atoms with E-state index in [1.165, 1.54) is 5.56 Å². The number of aryl methyl sites for hydroxylation is 1. The summed E-state index contributed by atoms with van der Waals surface area (Å²) in [4.78, 5) is 0. The molecule has 0 aliphatic carbocycles. The minimum absolute atomic E-state index is 0.000971. The van der Waals surface area contributed by atoms with E-state index in [4.69, 9.17) is 0 Å². The standard InChI is InChI=1S/C14H22BrNO/c1-4-14(5-2,10-17)9-16-12-6-7-13(15)11(3)8-12/h6-8,16-17H,4-5,9-10H2,1-3H3. The topological polar surface area (TPSA) is 32.3 Å². The summed E-state index contributed by atoms with van der Waals surface area (Å²) < 4.78 is 1.13. The van der Waals surface area contributed by atoms with Crippen molar-refractivity contribution < 1.29 is 5.11 Å². The lowest BCUT2D eigenvalue weighted by Crippen LogP contribution is -2.32. The van der Waals surface area contributed by atoms with Gasteiger partial charge in [-0.2, -0.15) is 0 Å². The van der Waals surface area contributed by atoms with Crippen molar-refractivity contribution in [3.05, 3.63) is 28.2 Å². The third-order valence-electron chi connectivity index (χ3n) is 3.66. The van der Waals surface area contributed by atoms with Gasteiger partial charge in [0.2, 0.25) is 0 Å². The zero-order chi connectivity index (χ0) is 12.9. The van der Waals surface area contributed by atoms with E-state index in [0.717, 1.165) is 29.5 Å². The number of benzene rings is 1. The van der Waals surface area contributed by atoms with Crippen molar-refractivity contribution in [3.8, 4) is 0 Å². The van der Waals surface area contributed by atoms with Crippen molar-refractivity contribution in [3.63, 3.8) is 0 Å². The molecule has 0 saturated heterocycles. The van der Waals surface area contributed by atoms with E-state index in [2.05, 4.69) is 60.2 Å². The fourth-order valence-electron chi connectivity index (χ4n) is 1.82. The molecular weight excluding hydrogens is 278 g/mol. The van der Waals surface area contributed by atoms with Gasteiger partial charge in [0.05, 0.1) is 6.61 Å². The molecule has 0 heterocycles. The first-order chi connectivity index (χ1) is 8.06. The third kappa shape index (κ3) is 3.71. The van der Waals surface area contributed by atoms with Crippen LogP contribution in [0.2, 0.25) is 0 Å². The molecule has 1 aromatic rings. The highest BCUT2D eigenvalue weighted by molar-refractivity contribution is 9.10. The Morgan fingerprint density at radius 2 is 1.94 bits per heavy atom. The number of nitrogens with one attached hydrogen (secondary N) is 1. The van der Waals surface area contributed by atoms with Crippen molar-refractivity contribution in [2.24, 2.45) is 5.41 Å². The molecule has 1 rings (SSSR count). The second kappa shape index (κ2) is 6.41. The van der Waals surface area contributed by atoms with E-state index in [1.54, 1.807) is 0 Å². The van der Waals surface area contributed by atoms with Gasteiger partial charge < -0.3 is 10.4 Å². The predicted octanol–water partition coefficient (Wildman–Crippen LogP) is 3.97. The zero-order valence-corrected chi connectivity index (χ0v) is 12.5. The molecule has 0 aromatic heterocycles. The molecule has 0 fully saturated rings. The van der Waals surface area contributed by atoms with Crippen LogP contribution >= 0.6 is 15.9 Å². The van der Waals surface area contributed by atoms with Crippen molar-refractivity contribution >= 4 is 21.6 Å². The molecule has 1 aromatic carbocycles. The molecule has 0 unspecified atom stereocenters. The van der Waals surface area contributed by atoms with Gasteiger partial charge in [-0.3, -0.25) is 0 Å². The quantitative estimate of drug-likeness (QED) is 0.833. The first-order valence-electron chi connectivity index (χ1n) is 6.18. The predicted molar refractivity (Wildman–Crippen MR) is 77.5 cm³/mol. The van der Waals surface area contributed by atoms with Crippen LogP contribution < -0.4 is 5.32 Å². The summed E-state index contributed by atoms with van der Waals surface area (Å²) in [6, 6.07) is 6.23. The maximum absolute atomic E-state index is 9.51. The molecule has 0 aliphatic heterocycles. The van der Waals surface area contributed by atoms with Crippen molar-refractivity contribution in [1.29, 1.82) is 0 Å². The number of anilines is 1. The van der Waals surface area contributed by atoms with E-state index in [9.17, 15) is 5.11 Å². The van der Waals surface area contributed by atoms with Crippen molar-refractivity contribution in [1.82, 2.24) is 0 Å². The Balaban J connectivity index is 2.68. The summed E-state index contributed by atoms with van der Waals surface area (Å²) >= 11 is 3.49. The summed E-state index contributed by atoms with van der Waals surface area (Å²) in [7, 11) is 0. The highest BCUT2D eigenvalue weighted by Crippen LogP contribution is 2.27. The number of rotatable bonds is 6. The van der Waals surface area contributed by atoms with Crippen LogP contribution in [0.25, 0.3) is 0 Å². The minimum Gasteiger partial charge on any atom is -0.396 e. The molecule has 17 heavy (non-hydrogen) atoms. The minimum atomic E-state index is 0.000971. The molecule has 0 aliphatic rings. The first-order valence-corrected chi connectivity index (χ1v) is 6.97. The van der Waals surface area contributed by atoms with Crippen molar-refractivity contribution in [2.75, 3.05) is 18.5 Å². The van der Waals surface area contributed by atoms with Gasteiger partial charge in [0.25, 0.3) is 0 Å². The highest BCUT2D eigenvalue weighted by atomic mass is 79.9. The van der Waals surface area contributed by atoms with E-state index in [0.29, 0.717) is 0 Å². The Bertz CT molecular complexity index is 353. The second-order valence-corrected chi connectivity index (χ2v) is 5.54. The average Bonchev–Trinajstić information content (AvgIpc) is 2.36. The second-order valence-electron chi connectivity index (χ2n) is 4.68. The molecule has 0 spiro atoms. The van der Waals surface area contributed by atoms with Gasteiger partial charge >= 0.3 is 0 Å². The molecular formula is C14H22BrNO. The van der Waals surface area contributed by atoms with E-state index >= 15 is 0 Å². The van der Waals surface area contributed by atoms with Crippen LogP contribution in [0.5, 0.6) is 0 Å². The van der Waals surface area contributed by atoms with Gasteiger partial charge in [0.1, 0.15) is 0 Å². The van der Waals surface area contributed by atoms with Gasteiger partial charge in [-0.1, -0.05) is 29.8 Å². The third-order valence-corrected chi connectivity index (χ3v) is 4.55. The normalized spacial score (nSPS) is 11.6. The molecule has 96 valence electrons. The fraction of sp³-hybridized carbons (Fsp3) is 0.571. The van der Waals surface area contributed by atoms with Crippen molar-refractivity contribution in [2.45, 2.75) is 33.6 Å². The van der Waals surface area contributed by atoms with Crippen LogP contribution in [0.1, 0.15) is 32.3 Å². The number of hydrogen-bond acceptors (Lipinski definition) is 2. The van der Waals surface area contributed by atoms with Crippen LogP contribution in [-0.2, 0) is 0 Å². The number of hydrogen-bond donors (Lipinski definition) is 2. The Labute approximate surface area is 113 Å². The number of aliphatic hydroxyl groups excluding tert-OH is 1. The maximum Gasteiger partial charge on any atom is 0.0504 e. The highest BCUT2D eigenvalue weighted by Gasteiger charge is 2.24. The molecule has 2 N–H and O–H groups in total. The van der Waals surface area contributed by atoms with Gasteiger partial charge in [0.15, 0.2) is 0 Å². The molecule has 0 radical (unpaired) electrons. The van der Waals surface area contributed by atoms with E-state index < -0.39 is 0 Å². The fourth-order valence-corrected chi connectivity index (χ4v) is 2.07. The van der Waals surface area contributed by atoms with Gasteiger partial charge in [-0.15, -0.1) is 0 Å². The van der Waals surface area contributed by atoms with Crippen LogP contribution in [0.4, 0.5) is 5.69 Å².